The van der Waals surface area contributed by atoms with Gasteiger partial charge in [-0.05, 0) is 12.1 Å². The molecule has 2 aromatic rings. The van der Waals surface area contributed by atoms with Crippen LogP contribution < -0.4 is 0 Å². The van der Waals surface area contributed by atoms with Crippen molar-refractivity contribution < 1.29 is 9.90 Å². The van der Waals surface area contributed by atoms with E-state index in [1.807, 2.05) is 6.07 Å². The molecule has 1 atom stereocenters. The van der Waals surface area contributed by atoms with Gasteiger partial charge in [-0.1, -0.05) is 11.6 Å². The molecule has 2 aromatic heterocycles. The maximum atomic E-state index is 10.9. The van der Waals surface area contributed by atoms with E-state index in [1.54, 1.807) is 24.7 Å². The highest BCUT2D eigenvalue weighted by molar-refractivity contribution is 7.16. The Morgan fingerprint density at radius 3 is 2.82 bits per heavy atom. The normalized spacial score (nSPS) is 12.3. The van der Waals surface area contributed by atoms with Crippen LogP contribution in [0.2, 0.25) is 4.34 Å². The molecule has 1 N–H and O–H groups in total. The van der Waals surface area contributed by atoms with Gasteiger partial charge in [-0.25, -0.2) is 0 Å². The number of carboxylic acids is 1. The summed E-state index contributed by atoms with van der Waals surface area (Å²) < 4.78 is 0.638. The van der Waals surface area contributed by atoms with Gasteiger partial charge in [0.15, 0.2) is 0 Å². The predicted octanol–water partition coefficient (Wildman–Crippen LogP) is 2.80. The van der Waals surface area contributed by atoms with Crippen LogP contribution in [0.1, 0.15) is 22.9 Å². The Bertz CT molecular complexity index is 515. The number of thiophene rings is 1. The second-order valence-corrected chi connectivity index (χ2v) is 5.17. The standard InChI is InChI=1S/C11H9ClN2O2S/c12-10-2-1-9(17-10)7(5-11(15)16)8-6-13-3-4-14-8/h1-4,6-7H,5H2,(H,15,16). The van der Waals surface area contributed by atoms with Crippen molar-refractivity contribution in [2.75, 3.05) is 0 Å². The molecule has 0 saturated heterocycles. The monoisotopic (exact) mass is 268 g/mol. The molecule has 0 amide bonds. The van der Waals surface area contributed by atoms with Crippen LogP contribution in [-0.4, -0.2) is 21.0 Å². The molecule has 88 valence electrons. The smallest absolute Gasteiger partial charge is 0.304 e. The summed E-state index contributed by atoms with van der Waals surface area (Å²) in [6.45, 7) is 0. The van der Waals surface area contributed by atoms with Gasteiger partial charge in [0.25, 0.3) is 0 Å². The van der Waals surface area contributed by atoms with E-state index in [0.717, 1.165) is 4.88 Å². The van der Waals surface area contributed by atoms with Crippen LogP contribution in [0.4, 0.5) is 0 Å². The van der Waals surface area contributed by atoms with Crippen LogP contribution in [0.15, 0.2) is 30.7 Å². The molecule has 0 radical (unpaired) electrons. The number of carbonyl (C=O) groups is 1. The van der Waals surface area contributed by atoms with Crippen molar-refractivity contribution in [1.82, 2.24) is 9.97 Å². The first-order chi connectivity index (χ1) is 8.16. The van der Waals surface area contributed by atoms with Crippen LogP contribution in [0.25, 0.3) is 0 Å². The highest BCUT2D eigenvalue weighted by Gasteiger charge is 2.21. The second-order valence-electron chi connectivity index (χ2n) is 3.42. The zero-order chi connectivity index (χ0) is 12.3. The largest absolute Gasteiger partial charge is 0.481 e. The third kappa shape index (κ3) is 3.01. The van der Waals surface area contributed by atoms with Gasteiger partial charge >= 0.3 is 5.97 Å². The van der Waals surface area contributed by atoms with Crippen molar-refractivity contribution in [1.29, 1.82) is 0 Å². The molecular formula is C11H9ClN2O2S. The number of aliphatic carboxylic acids is 1. The first-order valence-corrected chi connectivity index (χ1v) is 6.09. The van der Waals surface area contributed by atoms with Crippen molar-refractivity contribution in [3.63, 3.8) is 0 Å². The molecule has 0 aromatic carbocycles. The number of nitrogens with zero attached hydrogens (tertiary/aromatic N) is 2. The van der Waals surface area contributed by atoms with E-state index in [2.05, 4.69) is 9.97 Å². The highest BCUT2D eigenvalue weighted by atomic mass is 35.5. The van der Waals surface area contributed by atoms with Gasteiger partial charge in [-0.3, -0.25) is 14.8 Å². The summed E-state index contributed by atoms with van der Waals surface area (Å²) in [5.41, 5.74) is 0.647. The summed E-state index contributed by atoms with van der Waals surface area (Å²) in [4.78, 5) is 19.9. The molecule has 6 heteroatoms. The lowest BCUT2D eigenvalue weighted by Gasteiger charge is -2.11. The Balaban J connectivity index is 2.35. The number of rotatable bonds is 4. The molecule has 0 aliphatic heterocycles. The lowest BCUT2D eigenvalue weighted by Crippen LogP contribution is -2.08. The number of aromatic nitrogens is 2. The zero-order valence-corrected chi connectivity index (χ0v) is 10.3. The van der Waals surface area contributed by atoms with E-state index in [9.17, 15) is 4.79 Å². The maximum absolute atomic E-state index is 10.9. The van der Waals surface area contributed by atoms with Crippen molar-refractivity contribution in [3.8, 4) is 0 Å². The van der Waals surface area contributed by atoms with Crippen molar-refractivity contribution in [2.45, 2.75) is 12.3 Å². The molecule has 0 bridgehead atoms. The van der Waals surface area contributed by atoms with E-state index in [4.69, 9.17) is 16.7 Å². The molecule has 2 rings (SSSR count). The minimum atomic E-state index is -0.870. The van der Waals surface area contributed by atoms with Crippen LogP contribution in [0.3, 0.4) is 0 Å². The fourth-order valence-corrected chi connectivity index (χ4v) is 2.71. The first-order valence-electron chi connectivity index (χ1n) is 4.90. The fourth-order valence-electron chi connectivity index (χ4n) is 1.53. The molecule has 0 saturated carbocycles. The molecule has 1 unspecified atom stereocenters. The van der Waals surface area contributed by atoms with E-state index in [1.165, 1.54) is 11.3 Å². The van der Waals surface area contributed by atoms with Gasteiger partial charge in [0.2, 0.25) is 0 Å². The van der Waals surface area contributed by atoms with Gasteiger partial charge in [-0.15, -0.1) is 11.3 Å². The summed E-state index contributed by atoms with van der Waals surface area (Å²) in [6.07, 6.45) is 4.68. The molecule has 2 heterocycles. The number of halogens is 1. The van der Waals surface area contributed by atoms with Gasteiger partial charge in [0.05, 0.1) is 16.5 Å². The number of carboxylic acid groups (broad SMARTS) is 1. The topological polar surface area (TPSA) is 63.1 Å². The lowest BCUT2D eigenvalue weighted by atomic mass is 10.00. The maximum Gasteiger partial charge on any atom is 0.304 e. The summed E-state index contributed by atoms with van der Waals surface area (Å²) in [5.74, 6) is -1.16. The molecule has 0 aliphatic rings. The Kier molecular flexibility index (Phi) is 3.71. The Labute approximate surface area is 107 Å². The Hall–Kier alpha value is -1.46. The third-order valence-electron chi connectivity index (χ3n) is 2.26. The van der Waals surface area contributed by atoms with Crippen LogP contribution in [0.5, 0.6) is 0 Å². The summed E-state index contributed by atoms with van der Waals surface area (Å²) in [5, 5.41) is 8.94. The Morgan fingerprint density at radius 1 is 1.47 bits per heavy atom. The quantitative estimate of drug-likeness (QED) is 0.926. The van der Waals surface area contributed by atoms with E-state index in [0.29, 0.717) is 10.0 Å². The van der Waals surface area contributed by atoms with Crippen molar-refractivity contribution >= 4 is 28.9 Å². The molecule has 0 spiro atoms. The average Bonchev–Trinajstić information content (AvgIpc) is 2.73. The Morgan fingerprint density at radius 2 is 2.29 bits per heavy atom. The van der Waals surface area contributed by atoms with E-state index < -0.39 is 5.97 Å². The van der Waals surface area contributed by atoms with E-state index in [-0.39, 0.29) is 12.3 Å². The van der Waals surface area contributed by atoms with Crippen molar-refractivity contribution in [2.24, 2.45) is 0 Å². The fraction of sp³-hybridized carbons (Fsp3) is 0.182. The first kappa shape index (κ1) is 12.0. The van der Waals surface area contributed by atoms with Crippen molar-refractivity contribution in [3.05, 3.63) is 45.6 Å². The van der Waals surface area contributed by atoms with Gasteiger partial charge in [-0.2, -0.15) is 0 Å². The molecule has 17 heavy (non-hydrogen) atoms. The van der Waals surface area contributed by atoms with Gasteiger partial charge in [0.1, 0.15) is 0 Å². The minimum Gasteiger partial charge on any atom is -0.481 e. The summed E-state index contributed by atoms with van der Waals surface area (Å²) >= 11 is 7.23. The predicted molar refractivity (Wildman–Crippen MR) is 65.5 cm³/mol. The zero-order valence-electron chi connectivity index (χ0n) is 8.71. The number of hydrogen-bond acceptors (Lipinski definition) is 4. The highest BCUT2D eigenvalue weighted by Crippen LogP contribution is 2.33. The molecule has 0 aliphatic carbocycles. The average molecular weight is 269 g/mol. The van der Waals surface area contributed by atoms with Crippen LogP contribution >= 0.6 is 22.9 Å². The van der Waals surface area contributed by atoms with Crippen LogP contribution in [0, 0.1) is 0 Å². The third-order valence-corrected chi connectivity index (χ3v) is 3.60. The lowest BCUT2D eigenvalue weighted by molar-refractivity contribution is -0.137. The van der Waals surface area contributed by atoms with E-state index >= 15 is 0 Å². The second kappa shape index (κ2) is 5.25. The minimum absolute atomic E-state index is 0.0183. The molecule has 0 fully saturated rings. The summed E-state index contributed by atoms with van der Waals surface area (Å²) in [6, 6.07) is 3.59. The number of hydrogen-bond donors (Lipinski definition) is 1. The van der Waals surface area contributed by atoms with Gasteiger partial charge < -0.3 is 5.11 Å². The molecular weight excluding hydrogens is 260 g/mol. The van der Waals surface area contributed by atoms with Gasteiger partial charge in [0, 0.05) is 29.4 Å². The summed E-state index contributed by atoms with van der Waals surface area (Å²) in [7, 11) is 0. The SMILES string of the molecule is O=C(O)CC(c1cnccn1)c1ccc(Cl)s1. The van der Waals surface area contributed by atoms with Crippen LogP contribution in [-0.2, 0) is 4.79 Å². The molecule has 4 nitrogen and oxygen atoms in total.